The second-order valence-corrected chi connectivity index (χ2v) is 7.52. The van der Waals surface area contributed by atoms with Crippen LogP contribution in [0.3, 0.4) is 0 Å². The van der Waals surface area contributed by atoms with Gasteiger partial charge in [0.05, 0.1) is 11.0 Å². The highest BCUT2D eigenvalue weighted by molar-refractivity contribution is 6.00. The van der Waals surface area contributed by atoms with E-state index in [0.717, 1.165) is 28.0 Å². The molecular weight excluding hydrogens is 400 g/mol. The first-order chi connectivity index (χ1) is 15.5. The van der Waals surface area contributed by atoms with Gasteiger partial charge in [-0.05, 0) is 55.0 Å². The molecule has 6 heteroatoms. The Morgan fingerprint density at radius 3 is 2.34 bits per heavy atom. The van der Waals surface area contributed by atoms with Crippen molar-refractivity contribution in [3.8, 4) is 11.4 Å². The van der Waals surface area contributed by atoms with Crippen molar-refractivity contribution in [2.75, 3.05) is 5.32 Å². The summed E-state index contributed by atoms with van der Waals surface area (Å²) in [6.45, 7) is 1.65. The van der Waals surface area contributed by atoms with Crippen LogP contribution in [0.25, 0.3) is 28.5 Å². The van der Waals surface area contributed by atoms with Crippen LogP contribution in [-0.2, 0) is 16.6 Å². The summed E-state index contributed by atoms with van der Waals surface area (Å²) in [5, 5.41) is 5.51. The number of aromatic nitrogens is 2. The number of hydrogen-bond acceptors (Lipinski definition) is 3. The summed E-state index contributed by atoms with van der Waals surface area (Å²) >= 11 is 0. The van der Waals surface area contributed by atoms with Crippen molar-refractivity contribution in [1.29, 1.82) is 0 Å². The molecule has 0 saturated carbocycles. The molecule has 0 aliphatic heterocycles. The van der Waals surface area contributed by atoms with Crippen LogP contribution < -0.4 is 10.6 Å². The van der Waals surface area contributed by atoms with E-state index in [9.17, 15) is 9.59 Å². The zero-order valence-corrected chi connectivity index (χ0v) is 17.9. The molecule has 0 fully saturated rings. The van der Waals surface area contributed by atoms with Crippen molar-refractivity contribution in [2.45, 2.75) is 13.0 Å². The van der Waals surface area contributed by atoms with E-state index in [-0.39, 0.29) is 11.8 Å². The molecule has 0 bridgehead atoms. The molecule has 0 aliphatic rings. The monoisotopic (exact) mass is 424 g/mol. The first-order valence-corrected chi connectivity index (χ1v) is 10.4. The average molecular weight is 425 g/mol. The Hall–Kier alpha value is -4.19. The van der Waals surface area contributed by atoms with Crippen LogP contribution in [0.5, 0.6) is 0 Å². The number of rotatable bonds is 6. The van der Waals surface area contributed by atoms with Crippen molar-refractivity contribution in [2.24, 2.45) is 7.05 Å². The maximum absolute atomic E-state index is 12.5. The van der Waals surface area contributed by atoms with Gasteiger partial charge in [0.2, 0.25) is 11.8 Å². The summed E-state index contributed by atoms with van der Waals surface area (Å²) in [7, 11) is 1.98. The van der Waals surface area contributed by atoms with Crippen LogP contribution in [0.15, 0.2) is 84.9 Å². The molecule has 1 aromatic heterocycles. The van der Waals surface area contributed by atoms with Gasteiger partial charge in [-0.1, -0.05) is 42.5 Å². The molecule has 3 aromatic carbocycles. The van der Waals surface area contributed by atoms with E-state index in [0.29, 0.717) is 5.69 Å². The molecule has 4 rings (SSSR count). The zero-order valence-electron chi connectivity index (χ0n) is 17.9. The fraction of sp³-hybridized carbons (Fsp3) is 0.115. The number of carbonyl (C=O) groups is 2. The van der Waals surface area contributed by atoms with Gasteiger partial charge in [0.1, 0.15) is 11.9 Å². The largest absolute Gasteiger partial charge is 0.341 e. The van der Waals surface area contributed by atoms with E-state index >= 15 is 0 Å². The number of hydrogen-bond donors (Lipinski definition) is 2. The Morgan fingerprint density at radius 1 is 0.938 bits per heavy atom. The molecule has 1 atom stereocenters. The van der Waals surface area contributed by atoms with Gasteiger partial charge in [-0.25, -0.2) is 4.98 Å². The highest BCUT2D eigenvalue weighted by Crippen LogP contribution is 2.24. The van der Waals surface area contributed by atoms with E-state index in [1.54, 1.807) is 13.0 Å². The van der Waals surface area contributed by atoms with Crippen molar-refractivity contribution < 1.29 is 9.59 Å². The van der Waals surface area contributed by atoms with E-state index in [2.05, 4.69) is 10.6 Å². The molecule has 160 valence electrons. The molecule has 1 unspecified atom stereocenters. The normalized spacial score (nSPS) is 12.1. The Labute approximate surface area is 186 Å². The first-order valence-electron chi connectivity index (χ1n) is 10.4. The van der Waals surface area contributed by atoms with Gasteiger partial charge in [0, 0.05) is 24.4 Å². The first kappa shape index (κ1) is 21.1. The predicted octanol–water partition coefficient (Wildman–Crippen LogP) is 4.40. The van der Waals surface area contributed by atoms with Gasteiger partial charge in [-0.3, -0.25) is 9.59 Å². The maximum atomic E-state index is 12.5. The molecule has 0 radical (unpaired) electrons. The van der Waals surface area contributed by atoms with Crippen molar-refractivity contribution >= 4 is 34.6 Å². The van der Waals surface area contributed by atoms with Crippen molar-refractivity contribution in [3.05, 3.63) is 90.5 Å². The number of nitrogens with zero attached hydrogens (tertiary/aromatic N) is 2. The molecular formula is C26H24N4O2. The third-order valence-corrected chi connectivity index (χ3v) is 5.18. The number of benzene rings is 3. The van der Waals surface area contributed by atoms with Crippen LogP contribution in [0.2, 0.25) is 0 Å². The fourth-order valence-corrected chi connectivity index (χ4v) is 3.42. The number of nitrogens with one attached hydrogen (secondary N) is 2. The number of aryl methyl sites for hydroxylation is 1. The number of carbonyl (C=O) groups excluding carboxylic acids is 2. The molecule has 0 spiro atoms. The second kappa shape index (κ2) is 9.31. The quantitative estimate of drug-likeness (QED) is 0.451. The van der Waals surface area contributed by atoms with E-state index in [4.69, 9.17) is 4.98 Å². The summed E-state index contributed by atoms with van der Waals surface area (Å²) < 4.78 is 2.05. The van der Waals surface area contributed by atoms with Crippen LogP contribution in [-0.4, -0.2) is 27.4 Å². The molecule has 1 heterocycles. The third-order valence-electron chi connectivity index (χ3n) is 5.18. The number of fused-ring (bicyclic) bond motifs is 1. The summed E-state index contributed by atoms with van der Waals surface area (Å²) in [5.74, 6) is 0.241. The predicted molar refractivity (Wildman–Crippen MR) is 128 cm³/mol. The van der Waals surface area contributed by atoms with Gasteiger partial charge in [-0.2, -0.15) is 0 Å². The van der Waals surface area contributed by atoms with Crippen molar-refractivity contribution in [1.82, 2.24) is 14.9 Å². The Kier molecular flexibility index (Phi) is 6.12. The SMILES string of the molecule is CC(NC(=O)/C=C/c1ccccc1)C(=O)Nc1ccc(-c2nc3ccccc3n2C)cc1. The van der Waals surface area contributed by atoms with Gasteiger partial charge >= 0.3 is 0 Å². The molecule has 0 aliphatic carbocycles. The number of amides is 2. The van der Waals surface area contributed by atoms with Gasteiger partial charge < -0.3 is 15.2 Å². The van der Waals surface area contributed by atoms with E-state index < -0.39 is 6.04 Å². The highest BCUT2D eigenvalue weighted by atomic mass is 16.2. The summed E-state index contributed by atoms with van der Waals surface area (Å²) in [6, 6.07) is 24.3. The van der Waals surface area contributed by atoms with Gasteiger partial charge in [-0.15, -0.1) is 0 Å². The van der Waals surface area contributed by atoms with Crippen LogP contribution in [0.4, 0.5) is 5.69 Å². The van der Waals surface area contributed by atoms with Crippen LogP contribution in [0, 0.1) is 0 Å². The zero-order chi connectivity index (χ0) is 22.5. The van der Waals surface area contributed by atoms with Gasteiger partial charge in [0.15, 0.2) is 0 Å². The van der Waals surface area contributed by atoms with Crippen LogP contribution >= 0.6 is 0 Å². The molecule has 4 aromatic rings. The Bertz CT molecular complexity index is 1270. The van der Waals surface area contributed by atoms with Gasteiger partial charge in [0.25, 0.3) is 0 Å². The van der Waals surface area contributed by atoms with E-state index in [1.807, 2.05) is 90.5 Å². The smallest absolute Gasteiger partial charge is 0.246 e. The van der Waals surface area contributed by atoms with E-state index in [1.165, 1.54) is 6.08 Å². The number of imidazole rings is 1. The Balaban J connectivity index is 1.37. The van der Waals surface area contributed by atoms with Crippen molar-refractivity contribution in [3.63, 3.8) is 0 Å². The lowest BCUT2D eigenvalue weighted by molar-refractivity contribution is -0.123. The minimum atomic E-state index is -0.678. The minimum absolute atomic E-state index is 0.290. The third kappa shape index (κ3) is 4.75. The maximum Gasteiger partial charge on any atom is 0.246 e. The highest BCUT2D eigenvalue weighted by Gasteiger charge is 2.15. The summed E-state index contributed by atoms with van der Waals surface area (Å²) in [6.07, 6.45) is 3.13. The lowest BCUT2D eigenvalue weighted by Gasteiger charge is -2.13. The lowest BCUT2D eigenvalue weighted by Crippen LogP contribution is -2.40. The molecule has 6 nitrogen and oxygen atoms in total. The number of para-hydroxylation sites is 2. The molecule has 32 heavy (non-hydrogen) atoms. The molecule has 2 amide bonds. The summed E-state index contributed by atoms with van der Waals surface area (Å²) in [4.78, 5) is 29.3. The molecule has 2 N–H and O–H groups in total. The minimum Gasteiger partial charge on any atom is -0.341 e. The fourth-order valence-electron chi connectivity index (χ4n) is 3.42. The van der Waals surface area contributed by atoms with Crippen LogP contribution in [0.1, 0.15) is 12.5 Å². The second-order valence-electron chi connectivity index (χ2n) is 7.52. The summed E-state index contributed by atoms with van der Waals surface area (Å²) in [5.41, 5.74) is 4.52. The Morgan fingerprint density at radius 2 is 1.62 bits per heavy atom. The lowest BCUT2D eigenvalue weighted by atomic mass is 10.2. The average Bonchev–Trinajstić information content (AvgIpc) is 3.15. The number of anilines is 1. The standard InChI is InChI=1S/C26H24N4O2/c1-18(27-24(31)17-12-19-8-4-3-5-9-19)26(32)28-21-15-13-20(14-16-21)25-29-22-10-6-7-11-23(22)30(25)2/h3-18H,1-2H3,(H,27,31)(H,28,32)/b17-12+. The molecule has 0 saturated heterocycles. The topological polar surface area (TPSA) is 76.0 Å².